The molecule has 21 heavy (non-hydrogen) atoms. The molecule has 0 spiro atoms. The third-order valence-electron chi connectivity index (χ3n) is 3.66. The standard InChI is InChI=1S/C17H30N2O2/c1-12(2)11-19(13(3)4)15(10-18)14-8-7-9-16(20-5)17(14)21-6/h7-9,12-13,15H,10-11,18H2,1-6H3. The number of hydrogen-bond donors (Lipinski definition) is 1. The molecule has 1 aromatic carbocycles. The molecule has 0 saturated carbocycles. The highest BCUT2D eigenvalue weighted by Gasteiger charge is 2.26. The molecule has 0 aliphatic rings. The summed E-state index contributed by atoms with van der Waals surface area (Å²) in [5, 5.41) is 0. The van der Waals surface area contributed by atoms with Crippen molar-refractivity contribution in [3.8, 4) is 11.5 Å². The van der Waals surface area contributed by atoms with Crippen molar-refractivity contribution >= 4 is 0 Å². The Morgan fingerprint density at radius 3 is 2.19 bits per heavy atom. The first-order chi connectivity index (χ1) is 9.96. The molecule has 0 amide bonds. The highest BCUT2D eigenvalue weighted by Crippen LogP contribution is 2.37. The molecule has 1 aromatic rings. The molecule has 1 atom stereocenters. The van der Waals surface area contributed by atoms with Gasteiger partial charge >= 0.3 is 0 Å². The lowest BCUT2D eigenvalue weighted by Crippen LogP contribution is -2.41. The minimum absolute atomic E-state index is 0.123. The number of para-hydroxylation sites is 1. The Morgan fingerprint density at radius 2 is 1.76 bits per heavy atom. The second-order valence-corrected chi connectivity index (χ2v) is 6.02. The summed E-state index contributed by atoms with van der Waals surface area (Å²) >= 11 is 0. The molecule has 0 fully saturated rings. The second-order valence-electron chi connectivity index (χ2n) is 6.02. The number of rotatable bonds is 8. The molecule has 120 valence electrons. The summed E-state index contributed by atoms with van der Waals surface area (Å²) in [4.78, 5) is 2.43. The normalized spacial score (nSPS) is 13.0. The van der Waals surface area contributed by atoms with Crippen molar-refractivity contribution in [2.45, 2.75) is 39.8 Å². The van der Waals surface area contributed by atoms with E-state index in [4.69, 9.17) is 15.2 Å². The van der Waals surface area contributed by atoms with Gasteiger partial charge in [0.1, 0.15) is 0 Å². The number of nitrogens with two attached hydrogens (primary N) is 1. The lowest BCUT2D eigenvalue weighted by Gasteiger charge is -2.36. The largest absolute Gasteiger partial charge is 0.493 e. The Kier molecular flexibility index (Phi) is 6.99. The molecule has 0 saturated heterocycles. The van der Waals surface area contributed by atoms with E-state index in [0.717, 1.165) is 23.6 Å². The van der Waals surface area contributed by atoms with Gasteiger partial charge in [0, 0.05) is 24.7 Å². The van der Waals surface area contributed by atoms with Gasteiger partial charge in [-0.05, 0) is 25.8 Å². The van der Waals surface area contributed by atoms with Crippen molar-refractivity contribution in [2.24, 2.45) is 11.7 Å². The molecular weight excluding hydrogens is 264 g/mol. The summed E-state index contributed by atoms with van der Waals surface area (Å²) in [7, 11) is 3.34. The quantitative estimate of drug-likeness (QED) is 0.800. The Morgan fingerprint density at radius 1 is 1.10 bits per heavy atom. The molecule has 1 unspecified atom stereocenters. The zero-order chi connectivity index (χ0) is 16.0. The first-order valence-corrected chi connectivity index (χ1v) is 7.62. The second kappa shape index (κ2) is 8.25. The topological polar surface area (TPSA) is 47.7 Å². The lowest BCUT2D eigenvalue weighted by atomic mass is 10.0. The van der Waals surface area contributed by atoms with Crippen molar-refractivity contribution in [2.75, 3.05) is 27.3 Å². The van der Waals surface area contributed by atoms with Crippen LogP contribution in [0.25, 0.3) is 0 Å². The Labute approximate surface area is 129 Å². The van der Waals surface area contributed by atoms with Crippen LogP contribution in [0, 0.1) is 5.92 Å². The van der Waals surface area contributed by atoms with Crippen LogP contribution in [0.4, 0.5) is 0 Å². The summed E-state index contributed by atoms with van der Waals surface area (Å²) in [5.41, 5.74) is 7.19. The van der Waals surface area contributed by atoms with Gasteiger partial charge in [-0.2, -0.15) is 0 Å². The maximum Gasteiger partial charge on any atom is 0.165 e. The molecular formula is C17H30N2O2. The summed E-state index contributed by atoms with van der Waals surface area (Å²) < 4.78 is 11.0. The lowest BCUT2D eigenvalue weighted by molar-refractivity contribution is 0.136. The van der Waals surface area contributed by atoms with Gasteiger partial charge in [-0.1, -0.05) is 26.0 Å². The minimum atomic E-state index is 0.123. The van der Waals surface area contributed by atoms with Gasteiger partial charge in [-0.3, -0.25) is 4.90 Å². The number of hydrogen-bond acceptors (Lipinski definition) is 4. The Balaban J connectivity index is 3.24. The zero-order valence-electron chi connectivity index (χ0n) is 14.2. The van der Waals surface area contributed by atoms with Crippen LogP contribution in [0.15, 0.2) is 18.2 Å². The SMILES string of the molecule is COc1cccc(C(CN)N(CC(C)C)C(C)C)c1OC. The predicted molar refractivity (Wildman–Crippen MR) is 88.0 cm³/mol. The fourth-order valence-electron chi connectivity index (χ4n) is 2.73. The van der Waals surface area contributed by atoms with Crippen LogP contribution in [-0.2, 0) is 0 Å². The molecule has 0 aromatic heterocycles. The summed E-state index contributed by atoms with van der Waals surface area (Å²) in [6.45, 7) is 10.4. The molecule has 4 nitrogen and oxygen atoms in total. The van der Waals surface area contributed by atoms with E-state index < -0.39 is 0 Å². The molecule has 2 N–H and O–H groups in total. The van der Waals surface area contributed by atoms with Crippen LogP contribution >= 0.6 is 0 Å². The van der Waals surface area contributed by atoms with Crippen molar-refractivity contribution in [1.29, 1.82) is 0 Å². The van der Waals surface area contributed by atoms with E-state index in [1.165, 1.54) is 0 Å². The average Bonchev–Trinajstić information content (AvgIpc) is 2.45. The van der Waals surface area contributed by atoms with Crippen LogP contribution < -0.4 is 15.2 Å². The van der Waals surface area contributed by atoms with Crippen LogP contribution in [0.1, 0.15) is 39.3 Å². The smallest absolute Gasteiger partial charge is 0.165 e. The van der Waals surface area contributed by atoms with E-state index in [0.29, 0.717) is 18.5 Å². The minimum Gasteiger partial charge on any atom is -0.493 e. The molecule has 0 bridgehead atoms. The highest BCUT2D eigenvalue weighted by atomic mass is 16.5. The zero-order valence-corrected chi connectivity index (χ0v) is 14.2. The fraction of sp³-hybridized carbons (Fsp3) is 0.647. The van der Waals surface area contributed by atoms with Crippen molar-refractivity contribution < 1.29 is 9.47 Å². The van der Waals surface area contributed by atoms with Gasteiger partial charge in [0.25, 0.3) is 0 Å². The van der Waals surface area contributed by atoms with Gasteiger partial charge in [-0.15, -0.1) is 0 Å². The number of nitrogens with zero attached hydrogens (tertiary/aromatic N) is 1. The first-order valence-electron chi connectivity index (χ1n) is 7.62. The van der Waals surface area contributed by atoms with E-state index in [9.17, 15) is 0 Å². The third kappa shape index (κ3) is 4.35. The Bertz CT molecular complexity index is 433. The predicted octanol–water partition coefficient (Wildman–Crippen LogP) is 3.07. The summed E-state index contributed by atoms with van der Waals surface area (Å²) in [6.07, 6.45) is 0. The van der Waals surface area contributed by atoms with Crippen molar-refractivity contribution in [3.63, 3.8) is 0 Å². The van der Waals surface area contributed by atoms with E-state index in [1.807, 2.05) is 12.1 Å². The van der Waals surface area contributed by atoms with Crippen molar-refractivity contribution in [1.82, 2.24) is 4.90 Å². The molecule has 1 rings (SSSR count). The Hall–Kier alpha value is -1.26. The van der Waals surface area contributed by atoms with Gasteiger partial charge in [0.2, 0.25) is 0 Å². The van der Waals surface area contributed by atoms with Crippen LogP contribution in [0.2, 0.25) is 0 Å². The monoisotopic (exact) mass is 294 g/mol. The maximum absolute atomic E-state index is 6.10. The first kappa shape index (κ1) is 17.8. The number of ether oxygens (including phenoxy) is 2. The molecule has 0 heterocycles. The summed E-state index contributed by atoms with van der Waals surface area (Å²) in [5.74, 6) is 2.12. The van der Waals surface area contributed by atoms with Gasteiger partial charge < -0.3 is 15.2 Å². The van der Waals surface area contributed by atoms with E-state index in [1.54, 1.807) is 14.2 Å². The number of methoxy groups -OCH3 is 2. The summed E-state index contributed by atoms with van der Waals surface area (Å²) in [6, 6.07) is 6.52. The van der Waals surface area contributed by atoms with E-state index in [2.05, 4.69) is 38.7 Å². The molecule has 0 aliphatic carbocycles. The van der Waals surface area contributed by atoms with E-state index in [-0.39, 0.29) is 6.04 Å². The van der Waals surface area contributed by atoms with Crippen LogP contribution in [0.5, 0.6) is 11.5 Å². The fourth-order valence-corrected chi connectivity index (χ4v) is 2.73. The van der Waals surface area contributed by atoms with Crippen LogP contribution in [0.3, 0.4) is 0 Å². The molecule has 0 radical (unpaired) electrons. The van der Waals surface area contributed by atoms with Crippen molar-refractivity contribution in [3.05, 3.63) is 23.8 Å². The highest BCUT2D eigenvalue weighted by molar-refractivity contribution is 5.48. The van der Waals surface area contributed by atoms with Gasteiger partial charge in [0.05, 0.1) is 20.3 Å². The maximum atomic E-state index is 6.10. The van der Waals surface area contributed by atoms with Gasteiger partial charge in [-0.25, -0.2) is 0 Å². The third-order valence-corrected chi connectivity index (χ3v) is 3.66. The average molecular weight is 294 g/mol. The van der Waals surface area contributed by atoms with E-state index >= 15 is 0 Å². The van der Waals surface area contributed by atoms with Crippen LogP contribution in [-0.4, -0.2) is 38.3 Å². The molecule has 0 aliphatic heterocycles. The van der Waals surface area contributed by atoms with Gasteiger partial charge in [0.15, 0.2) is 11.5 Å². The molecule has 4 heteroatoms. The number of benzene rings is 1.